The summed E-state index contributed by atoms with van der Waals surface area (Å²) in [4.78, 5) is 0. The molecular weight excluding hydrogens is 174 g/mol. The van der Waals surface area contributed by atoms with Gasteiger partial charge in [0.15, 0.2) is 0 Å². The molecule has 0 spiro atoms. The third-order valence-corrected chi connectivity index (χ3v) is 3.44. The highest BCUT2D eigenvalue weighted by Crippen LogP contribution is 2.25. The summed E-state index contributed by atoms with van der Waals surface area (Å²) in [6.45, 7) is 6.76. The van der Waals surface area contributed by atoms with Crippen molar-refractivity contribution in [3.05, 3.63) is 0 Å². The van der Waals surface area contributed by atoms with Gasteiger partial charge in [-0.15, -0.1) is 0 Å². The lowest BCUT2D eigenvalue weighted by Crippen LogP contribution is -2.38. The number of ether oxygens (including phenoxy) is 1. The van der Waals surface area contributed by atoms with Gasteiger partial charge in [-0.25, -0.2) is 0 Å². The first-order valence-electron chi connectivity index (χ1n) is 6.00. The molecule has 0 aliphatic carbocycles. The van der Waals surface area contributed by atoms with E-state index in [4.69, 9.17) is 4.74 Å². The Morgan fingerprint density at radius 2 is 2.14 bits per heavy atom. The van der Waals surface area contributed by atoms with Crippen LogP contribution in [0.15, 0.2) is 0 Å². The van der Waals surface area contributed by atoms with E-state index < -0.39 is 0 Å². The third kappa shape index (κ3) is 3.25. The summed E-state index contributed by atoms with van der Waals surface area (Å²) >= 11 is 0. The van der Waals surface area contributed by atoms with Crippen molar-refractivity contribution in [1.82, 2.24) is 5.32 Å². The van der Waals surface area contributed by atoms with Gasteiger partial charge in [0, 0.05) is 6.04 Å². The Bertz CT molecular complexity index is 160. The van der Waals surface area contributed by atoms with Crippen LogP contribution in [0.2, 0.25) is 0 Å². The van der Waals surface area contributed by atoms with Crippen LogP contribution in [0.5, 0.6) is 0 Å². The second kappa shape index (κ2) is 5.72. The highest BCUT2D eigenvalue weighted by Gasteiger charge is 2.29. The molecule has 0 bridgehead atoms. The molecule has 0 aromatic carbocycles. The summed E-state index contributed by atoms with van der Waals surface area (Å²) in [5.41, 5.74) is 0. The maximum absolute atomic E-state index is 5.90. The van der Waals surface area contributed by atoms with Crippen LogP contribution in [0.3, 0.4) is 0 Å². The van der Waals surface area contributed by atoms with Gasteiger partial charge in [-0.2, -0.15) is 0 Å². The predicted octanol–water partition coefficient (Wildman–Crippen LogP) is 2.58. The molecule has 14 heavy (non-hydrogen) atoms. The number of rotatable bonds is 5. The zero-order valence-electron chi connectivity index (χ0n) is 10.0. The van der Waals surface area contributed by atoms with E-state index in [1.54, 1.807) is 0 Å². The summed E-state index contributed by atoms with van der Waals surface area (Å²) < 4.78 is 5.90. The first-order chi connectivity index (χ1) is 6.67. The van der Waals surface area contributed by atoms with E-state index in [1.165, 1.54) is 25.7 Å². The van der Waals surface area contributed by atoms with Gasteiger partial charge in [0.25, 0.3) is 0 Å². The second-order valence-corrected chi connectivity index (χ2v) is 4.71. The van der Waals surface area contributed by atoms with Crippen LogP contribution in [0, 0.1) is 5.92 Å². The Kier molecular flexibility index (Phi) is 4.90. The molecular formula is C12H25NO. The number of hydrogen-bond acceptors (Lipinski definition) is 2. The van der Waals surface area contributed by atoms with Crippen LogP contribution < -0.4 is 5.32 Å². The van der Waals surface area contributed by atoms with Gasteiger partial charge in [0.1, 0.15) is 0 Å². The summed E-state index contributed by atoms with van der Waals surface area (Å²) in [6, 6.07) is 0.551. The van der Waals surface area contributed by atoms with E-state index in [9.17, 15) is 0 Å². The maximum atomic E-state index is 5.90. The molecule has 1 heterocycles. The molecule has 0 saturated carbocycles. The summed E-state index contributed by atoms with van der Waals surface area (Å²) in [5, 5.41) is 3.40. The van der Waals surface area contributed by atoms with Crippen molar-refractivity contribution in [1.29, 1.82) is 0 Å². The van der Waals surface area contributed by atoms with Crippen molar-refractivity contribution in [3.8, 4) is 0 Å². The van der Waals surface area contributed by atoms with Crippen molar-refractivity contribution in [2.75, 3.05) is 7.05 Å². The molecule has 0 amide bonds. The van der Waals surface area contributed by atoms with E-state index >= 15 is 0 Å². The zero-order chi connectivity index (χ0) is 10.6. The largest absolute Gasteiger partial charge is 0.374 e. The van der Waals surface area contributed by atoms with Gasteiger partial charge in [0.2, 0.25) is 0 Å². The highest BCUT2D eigenvalue weighted by molar-refractivity contribution is 4.82. The van der Waals surface area contributed by atoms with Crippen LogP contribution in [-0.4, -0.2) is 25.3 Å². The number of nitrogens with one attached hydrogen (secondary N) is 1. The van der Waals surface area contributed by atoms with Crippen molar-refractivity contribution in [2.24, 2.45) is 5.92 Å². The average Bonchev–Trinajstić information content (AvgIpc) is 2.60. The Balaban J connectivity index is 2.37. The van der Waals surface area contributed by atoms with Crippen molar-refractivity contribution in [2.45, 2.75) is 64.7 Å². The lowest BCUT2D eigenvalue weighted by molar-refractivity contribution is 0.0284. The Hall–Kier alpha value is -0.0800. The van der Waals surface area contributed by atoms with Crippen LogP contribution in [-0.2, 0) is 4.74 Å². The third-order valence-electron chi connectivity index (χ3n) is 3.44. The topological polar surface area (TPSA) is 21.3 Å². The smallest absolute Gasteiger partial charge is 0.0732 e. The lowest BCUT2D eigenvalue weighted by atomic mass is 9.95. The van der Waals surface area contributed by atoms with Crippen molar-refractivity contribution >= 4 is 0 Å². The normalized spacial score (nSPS) is 31.7. The average molecular weight is 199 g/mol. The molecule has 0 aromatic heterocycles. The molecule has 2 nitrogen and oxygen atoms in total. The van der Waals surface area contributed by atoms with Gasteiger partial charge < -0.3 is 10.1 Å². The van der Waals surface area contributed by atoms with Gasteiger partial charge >= 0.3 is 0 Å². The van der Waals surface area contributed by atoms with E-state index in [0.29, 0.717) is 18.2 Å². The SMILES string of the molecule is CCC(C)CC(NC)C1CCC(C)O1. The van der Waals surface area contributed by atoms with Gasteiger partial charge in [-0.05, 0) is 39.2 Å². The van der Waals surface area contributed by atoms with Gasteiger partial charge in [-0.1, -0.05) is 20.3 Å². The molecule has 84 valence electrons. The fourth-order valence-electron chi connectivity index (χ4n) is 2.19. The summed E-state index contributed by atoms with van der Waals surface area (Å²) in [5.74, 6) is 0.798. The van der Waals surface area contributed by atoms with Crippen molar-refractivity contribution in [3.63, 3.8) is 0 Å². The molecule has 4 atom stereocenters. The lowest BCUT2D eigenvalue weighted by Gasteiger charge is -2.25. The Morgan fingerprint density at radius 1 is 1.43 bits per heavy atom. The molecule has 0 radical (unpaired) electrons. The van der Waals surface area contributed by atoms with Crippen molar-refractivity contribution < 1.29 is 4.74 Å². The van der Waals surface area contributed by atoms with Crippen LogP contribution in [0.4, 0.5) is 0 Å². The van der Waals surface area contributed by atoms with Crippen LogP contribution in [0.25, 0.3) is 0 Å². The molecule has 1 aliphatic heterocycles. The molecule has 1 rings (SSSR count). The Labute approximate surface area is 88.4 Å². The zero-order valence-corrected chi connectivity index (χ0v) is 10.0. The predicted molar refractivity (Wildman–Crippen MR) is 60.5 cm³/mol. The summed E-state index contributed by atoms with van der Waals surface area (Å²) in [6.07, 6.45) is 5.87. The number of likely N-dealkylation sites (N-methyl/N-ethyl adjacent to an activating group) is 1. The van der Waals surface area contributed by atoms with E-state index in [0.717, 1.165) is 5.92 Å². The Morgan fingerprint density at radius 3 is 2.57 bits per heavy atom. The molecule has 0 aromatic rings. The fraction of sp³-hybridized carbons (Fsp3) is 1.00. The minimum Gasteiger partial charge on any atom is -0.374 e. The minimum atomic E-state index is 0.448. The first-order valence-corrected chi connectivity index (χ1v) is 6.00. The standard InChI is InChI=1S/C12H25NO/c1-5-9(2)8-11(13-4)12-7-6-10(3)14-12/h9-13H,5-8H2,1-4H3. The monoisotopic (exact) mass is 199 g/mol. The fourth-order valence-corrected chi connectivity index (χ4v) is 2.19. The maximum Gasteiger partial charge on any atom is 0.0732 e. The van der Waals surface area contributed by atoms with Crippen LogP contribution in [0.1, 0.15) is 46.5 Å². The second-order valence-electron chi connectivity index (χ2n) is 4.71. The minimum absolute atomic E-state index is 0.448. The highest BCUT2D eigenvalue weighted by atomic mass is 16.5. The first kappa shape index (κ1) is 12.0. The van der Waals surface area contributed by atoms with E-state index in [2.05, 4.69) is 33.1 Å². The van der Waals surface area contributed by atoms with Gasteiger partial charge in [0.05, 0.1) is 12.2 Å². The molecule has 1 aliphatic rings. The quantitative estimate of drug-likeness (QED) is 0.735. The molecule has 2 heteroatoms. The molecule has 1 saturated heterocycles. The van der Waals surface area contributed by atoms with Crippen LogP contribution >= 0.6 is 0 Å². The molecule has 4 unspecified atom stereocenters. The molecule has 1 fully saturated rings. The van der Waals surface area contributed by atoms with E-state index in [-0.39, 0.29) is 0 Å². The number of hydrogen-bond donors (Lipinski definition) is 1. The summed E-state index contributed by atoms with van der Waals surface area (Å²) in [7, 11) is 2.05. The molecule has 1 N–H and O–H groups in total. The van der Waals surface area contributed by atoms with E-state index in [1.807, 2.05) is 0 Å². The van der Waals surface area contributed by atoms with Gasteiger partial charge in [-0.3, -0.25) is 0 Å².